The van der Waals surface area contributed by atoms with Crippen LogP contribution in [0.1, 0.15) is 20.7 Å². The van der Waals surface area contributed by atoms with E-state index >= 15 is 0 Å². The number of aromatic hydroxyl groups is 2. The minimum atomic E-state index is -4.60. The number of ether oxygens (including phenoxy) is 2. The van der Waals surface area contributed by atoms with Crippen LogP contribution in [0.25, 0.3) is 43.1 Å². The van der Waals surface area contributed by atoms with Crippen LogP contribution in [0.5, 0.6) is 23.0 Å². The summed E-state index contributed by atoms with van der Waals surface area (Å²) in [5.74, 6) is -1.82. The van der Waals surface area contributed by atoms with Gasteiger partial charge in [0.1, 0.15) is 44.0 Å². The van der Waals surface area contributed by atoms with Crippen LogP contribution in [0.3, 0.4) is 0 Å². The molecule has 16 nitrogen and oxygen atoms in total. The third kappa shape index (κ3) is 12.9. The van der Waals surface area contributed by atoms with Gasteiger partial charge in [-0.2, -0.15) is 16.8 Å². The molecule has 0 radical (unpaired) electrons. The molecular weight excluding hydrogens is 1060 g/mol. The van der Waals surface area contributed by atoms with Gasteiger partial charge in [-0.15, -0.1) is 20.5 Å². The van der Waals surface area contributed by atoms with Crippen molar-refractivity contribution in [3.63, 3.8) is 0 Å². The monoisotopic (exact) mass is 1090 g/mol. The molecule has 10 aromatic rings. The molecule has 0 heterocycles. The third-order valence-electron chi connectivity index (χ3n) is 11.1. The van der Waals surface area contributed by atoms with E-state index in [0.717, 1.165) is 22.9 Å². The van der Waals surface area contributed by atoms with Crippen LogP contribution in [0, 0.1) is 0 Å². The summed E-state index contributed by atoms with van der Waals surface area (Å²) in [4.78, 5) is 24.5. The van der Waals surface area contributed by atoms with Crippen molar-refractivity contribution < 1.29 is 132 Å². The molecule has 75 heavy (non-hydrogen) atoms. The first kappa shape index (κ1) is 57.6. The first-order chi connectivity index (χ1) is 34.7. The van der Waals surface area contributed by atoms with Gasteiger partial charge in [-0.25, -0.2) is 9.59 Å². The van der Waals surface area contributed by atoms with E-state index in [4.69, 9.17) is 9.47 Å². The molecule has 0 fully saturated rings. The Morgan fingerprint density at radius 2 is 0.667 bits per heavy atom. The van der Waals surface area contributed by atoms with Crippen LogP contribution in [0.2, 0.25) is 0 Å². The molecule has 10 aromatic carbocycles. The Bertz CT molecular complexity index is 3820. The molecule has 10 rings (SSSR count). The number of fused-ring (bicyclic) bond motifs is 4. The summed E-state index contributed by atoms with van der Waals surface area (Å²) >= 11 is 0. The predicted molar refractivity (Wildman–Crippen MR) is 270 cm³/mol. The minimum absolute atomic E-state index is 0. The van der Waals surface area contributed by atoms with Gasteiger partial charge >= 0.3 is 71.1 Å². The molecule has 21 heteroatoms. The standard InChI is InChI=1S/2C27H18N2O6S.Cr.2Na/c2*30-22-16-24(36(32,33)34)20-12-6-7-13-21(20)25(22)28-29-26-19-11-5-4-8-17(19)14-15-23(26)35-27(31)18-9-2-1-3-10-18;;;/h2*1-16,30H,(H,32,33,34);;;/q;;;2*+1. The molecule has 0 aliphatic rings. The van der Waals surface area contributed by atoms with Crippen molar-refractivity contribution in [2.45, 2.75) is 9.79 Å². The van der Waals surface area contributed by atoms with Gasteiger partial charge < -0.3 is 19.7 Å². The molecule has 0 bridgehead atoms. The van der Waals surface area contributed by atoms with E-state index in [9.17, 15) is 45.7 Å². The van der Waals surface area contributed by atoms with Crippen LogP contribution < -0.4 is 68.6 Å². The molecule has 0 aliphatic heterocycles. The molecule has 0 unspecified atom stereocenters. The second-order valence-corrected chi connectivity index (χ2v) is 18.5. The van der Waals surface area contributed by atoms with Gasteiger partial charge in [-0.3, -0.25) is 9.11 Å². The number of nitrogens with zero attached hydrogens (tertiary/aromatic N) is 4. The van der Waals surface area contributed by atoms with E-state index in [2.05, 4.69) is 20.5 Å². The van der Waals surface area contributed by atoms with Crippen LogP contribution in [0.15, 0.2) is 224 Å². The van der Waals surface area contributed by atoms with E-state index in [-0.39, 0.29) is 132 Å². The summed E-state index contributed by atoms with van der Waals surface area (Å²) < 4.78 is 77.9. The van der Waals surface area contributed by atoms with Gasteiger partial charge in [0, 0.05) is 61.8 Å². The summed E-state index contributed by atoms with van der Waals surface area (Å²) in [6.45, 7) is 0. The Kier molecular flexibility index (Phi) is 19.0. The van der Waals surface area contributed by atoms with Gasteiger partial charge in [0.15, 0.2) is 11.5 Å². The number of phenolic OH excluding ortho intramolecular Hbond substituents is 2. The quantitative estimate of drug-likeness (QED) is 0.0350. The Hall–Kier alpha value is -6.67. The van der Waals surface area contributed by atoms with Crippen LogP contribution in [-0.4, -0.2) is 48.1 Å². The smallest absolute Gasteiger partial charge is 0.506 e. The van der Waals surface area contributed by atoms with Gasteiger partial charge in [-0.05, 0) is 47.2 Å². The molecule has 0 aliphatic carbocycles. The number of esters is 2. The molecular formula is C54H36CrN4Na2O12S2+2. The fraction of sp³-hybridized carbons (Fsp3) is 0. The normalized spacial score (nSPS) is 11.3. The summed E-state index contributed by atoms with van der Waals surface area (Å²) in [5.41, 5.74) is 1.20. The Balaban J connectivity index is 0.000000234. The number of hydrogen-bond donors (Lipinski definition) is 4. The van der Waals surface area contributed by atoms with Crippen molar-refractivity contribution in [2.75, 3.05) is 0 Å². The number of rotatable bonds is 10. The van der Waals surface area contributed by atoms with Crippen molar-refractivity contribution in [1.82, 2.24) is 0 Å². The molecule has 0 atom stereocenters. The zero-order chi connectivity index (χ0) is 50.6. The zero-order valence-corrected chi connectivity index (χ0v) is 46.5. The Labute approximate surface area is 483 Å². The van der Waals surface area contributed by atoms with Crippen LogP contribution in [0.4, 0.5) is 22.7 Å². The fourth-order valence-electron chi connectivity index (χ4n) is 7.77. The Morgan fingerprint density at radius 1 is 0.373 bits per heavy atom. The fourth-order valence-corrected chi connectivity index (χ4v) is 9.20. The van der Waals surface area contributed by atoms with Crippen molar-refractivity contribution in [3.05, 3.63) is 205 Å². The van der Waals surface area contributed by atoms with Crippen LogP contribution >= 0.6 is 0 Å². The summed E-state index contributed by atoms with van der Waals surface area (Å²) in [7, 11) is -9.20. The molecule has 0 saturated heterocycles. The van der Waals surface area contributed by atoms with Crippen molar-refractivity contribution >= 4 is 98.0 Å². The second-order valence-electron chi connectivity index (χ2n) is 15.7. The number of carbonyl (C=O) groups is 2. The Morgan fingerprint density at radius 3 is 1.01 bits per heavy atom. The van der Waals surface area contributed by atoms with E-state index in [1.807, 2.05) is 24.3 Å². The zero-order valence-electron chi connectivity index (χ0n) is 39.5. The number of phenols is 2. The average molecular weight is 1100 g/mol. The average Bonchev–Trinajstić information content (AvgIpc) is 3.38. The van der Waals surface area contributed by atoms with E-state index in [0.29, 0.717) is 21.9 Å². The summed E-state index contributed by atoms with van der Waals surface area (Å²) in [6, 6.07) is 52.8. The van der Waals surface area contributed by atoms with Crippen molar-refractivity contribution in [2.24, 2.45) is 20.5 Å². The third-order valence-corrected chi connectivity index (χ3v) is 12.9. The van der Waals surface area contributed by atoms with Gasteiger partial charge in [0.2, 0.25) is 0 Å². The SMILES string of the molecule is O=C(Oc1ccc2ccccc2c1N=Nc1c(O)cc(S(=O)(=O)O)c2ccccc12)c1ccccc1.O=C(Oc1ccc2ccccc2c1N=Nc1c(O)cc(S(=O)(=O)O)c2ccccc12)c1ccccc1.[Cr].[Na+].[Na+]. The number of azo groups is 2. The second kappa shape index (κ2) is 24.8. The van der Waals surface area contributed by atoms with Crippen LogP contribution in [-0.2, 0) is 37.6 Å². The van der Waals surface area contributed by atoms with Crippen molar-refractivity contribution in [1.29, 1.82) is 0 Å². The van der Waals surface area contributed by atoms with Gasteiger partial charge in [0.25, 0.3) is 20.2 Å². The molecule has 0 saturated carbocycles. The number of hydrogen-bond acceptors (Lipinski definition) is 14. The topological polar surface area (TPSA) is 251 Å². The maximum Gasteiger partial charge on any atom is 1.00 e. The summed E-state index contributed by atoms with van der Waals surface area (Å²) in [6.07, 6.45) is 0. The maximum absolute atomic E-state index is 12.7. The molecule has 0 aromatic heterocycles. The van der Waals surface area contributed by atoms with E-state index in [1.165, 1.54) is 12.1 Å². The maximum atomic E-state index is 12.7. The van der Waals surface area contributed by atoms with Gasteiger partial charge in [0.05, 0.1) is 11.1 Å². The first-order valence-corrected chi connectivity index (χ1v) is 24.4. The van der Waals surface area contributed by atoms with E-state index < -0.39 is 53.5 Å². The number of carbonyl (C=O) groups excluding carboxylic acids is 2. The van der Waals surface area contributed by atoms with E-state index in [1.54, 1.807) is 146 Å². The first-order valence-electron chi connectivity index (χ1n) is 21.5. The minimum Gasteiger partial charge on any atom is -0.506 e. The molecule has 0 spiro atoms. The summed E-state index contributed by atoms with van der Waals surface area (Å²) in [5, 5.41) is 42.1. The molecule has 0 amide bonds. The number of benzene rings is 10. The predicted octanol–water partition coefficient (Wildman–Crippen LogP) is 7.17. The van der Waals surface area contributed by atoms with Gasteiger partial charge in [-0.1, -0.05) is 146 Å². The molecule has 362 valence electrons. The van der Waals surface area contributed by atoms with Crippen molar-refractivity contribution in [3.8, 4) is 23.0 Å². The molecule has 4 N–H and O–H groups in total. The largest absolute Gasteiger partial charge is 1.00 e.